The fourth-order valence-corrected chi connectivity index (χ4v) is 3.59. The Kier molecular flexibility index (Phi) is 7.06. The summed E-state index contributed by atoms with van der Waals surface area (Å²) in [5, 5.41) is 8.96. The molecule has 0 bridgehead atoms. The Labute approximate surface area is 141 Å². The topological polar surface area (TPSA) is 96.6 Å². The molecule has 0 aliphatic heterocycles. The molecule has 22 heavy (non-hydrogen) atoms. The zero-order valence-corrected chi connectivity index (χ0v) is 15.0. The molecule has 0 radical (unpaired) electrons. The van der Waals surface area contributed by atoms with E-state index in [0.717, 1.165) is 16.2 Å². The predicted octanol–water partition coefficient (Wildman–Crippen LogP) is 2.60. The lowest BCUT2D eigenvalue weighted by atomic mass is 10.2. The highest BCUT2D eigenvalue weighted by atomic mass is 79.9. The maximum Gasteiger partial charge on any atom is 0.330 e. The number of benzene rings is 1. The molecule has 1 aromatic rings. The van der Waals surface area contributed by atoms with Crippen LogP contribution in [0.25, 0.3) is 0 Å². The van der Waals surface area contributed by atoms with Crippen LogP contribution < -0.4 is 0 Å². The third-order valence-corrected chi connectivity index (χ3v) is 5.12. The number of esters is 1. The minimum Gasteiger partial charge on any atom is -0.465 e. The average molecular weight is 405 g/mol. The van der Waals surface area contributed by atoms with Gasteiger partial charge < -0.3 is 4.74 Å². The molecular weight excluding hydrogens is 392 g/mol. The normalized spacial score (nSPS) is 13.3. The van der Waals surface area contributed by atoms with Crippen molar-refractivity contribution in [3.05, 3.63) is 28.7 Å². The van der Waals surface area contributed by atoms with Crippen molar-refractivity contribution in [2.75, 3.05) is 12.9 Å². The average Bonchev–Trinajstić information content (AvgIpc) is 2.47. The Bertz CT molecular complexity index is 709. The molecule has 1 atom stereocenters. The summed E-state index contributed by atoms with van der Waals surface area (Å²) in [7, 11) is -4.00. The second-order valence-electron chi connectivity index (χ2n) is 3.88. The molecule has 0 aliphatic carbocycles. The van der Waals surface area contributed by atoms with Gasteiger partial charge in [-0.3, -0.25) is 4.79 Å². The summed E-state index contributed by atoms with van der Waals surface area (Å²) in [6.07, 6.45) is 1.54. The molecule has 0 fully saturated rings. The van der Waals surface area contributed by atoms with Gasteiger partial charge in [0.2, 0.25) is 0 Å². The summed E-state index contributed by atoms with van der Waals surface area (Å²) in [5.74, 6) is -2.18. The van der Waals surface area contributed by atoms with E-state index in [1.54, 1.807) is 31.4 Å². The van der Waals surface area contributed by atoms with Crippen LogP contribution in [0.3, 0.4) is 0 Å². The molecule has 0 amide bonds. The van der Waals surface area contributed by atoms with Gasteiger partial charge in [0.25, 0.3) is 10.0 Å². The fraction of sp³-hybridized carbons (Fsp3) is 0.308. The maximum absolute atomic E-state index is 12.2. The Hall–Kier alpha value is -1.37. The lowest BCUT2D eigenvalue weighted by Gasteiger charge is -2.09. The van der Waals surface area contributed by atoms with E-state index in [-0.39, 0.29) is 16.5 Å². The molecule has 118 valence electrons. The van der Waals surface area contributed by atoms with Gasteiger partial charge in [-0.2, -0.15) is 18.1 Å². The lowest BCUT2D eigenvalue weighted by Crippen LogP contribution is -2.23. The first-order valence-corrected chi connectivity index (χ1v) is 9.52. The molecule has 0 N–H and O–H groups in total. The molecule has 1 rings (SSSR count). The Balaban J connectivity index is 3.22. The van der Waals surface area contributed by atoms with Crippen molar-refractivity contribution in [1.29, 1.82) is 5.26 Å². The summed E-state index contributed by atoms with van der Waals surface area (Å²) >= 11 is 4.13. The molecule has 9 heteroatoms. The molecule has 0 saturated heterocycles. The van der Waals surface area contributed by atoms with Gasteiger partial charge in [-0.05, 0) is 37.4 Å². The minimum atomic E-state index is -4.00. The van der Waals surface area contributed by atoms with Crippen LogP contribution in [0, 0.1) is 17.2 Å². The highest BCUT2D eigenvalue weighted by Crippen LogP contribution is 2.20. The van der Waals surface area contributed by atoms with Crippen molar-refractivity contribution in [3.8, 4) is 6.07 Å². The first kappa shape index (κ1) is 18.7. The van der Waals surface area contributed by atoms with E-state index in [0.29, 0.717) is 0 Å². The summed E-state index contributed by atoms with van der Waals surface area (Å²) in [5.41, 5.74) is 0. The molecule has 6 nitrogen and oxygen atoms in total. The van der Waals surface area contributed by atoms with E-state index in [1.807, 2.05) is 0 Å². The standard InChI is InChI=1S/C13H13BrN2O4S2/c1-3-20-13(17)11(8-15)12(21-2)16-22(18,19)10-6-4-9(14)5-7-10/h4-7,11H,3H2,1-2H3. The number of ether oxygens (including phenoxy) is 1. The van der Waals surface area contributed by atoms with E-state index >= 15 is 0 Å². The molecule has 0 aliphatic rings. The number of nitrogens with zero attached hydrogens (tertiary/aromatic N) is 2. The van der Waals surface area contributed by atoms with E-state index in [9.17, 15) is 13.2 Å². The fourth-order valence-electron chi connectivity index (χ4n) is 1.42. The van der Waals surface area contributed by atoms with Crippen molar-refractivity contribution >= 4 is 48.7 Å². The largest absolute Gasteiger partial charge is 0.465 e. The maximum atomic E-state index is 12.2. The second kappa shape index (κ2) is 8.31. The summed E-state index contributed by atoms with van der Waals surface area (Å²) in [4.78, 5) is 11.7. The third-order valence-electron chi connectivity index (χ3n) is 2.43. The van der Waals surface area contributed by atoms with Gasteiger partial charge >= 0.3 is 5.97 Å². The second-order valence-corrected chi connectivity index (χ2v) is 7.22. The predicted molar refractivity (Wildman–Crippen MR) is 88.0 cm³/mol. The minimum absolute atomic E-state index is 0.0252. The number of thioether (sulfide) groups is 1. The van der Waals surface area contributed by atoms with Crippen molar-refractivity contribution in [2.24, 2.45) is 10.3 Å². The first-order chi connectivity index (χ1) is 10.4. The molecule has 0 spiro atoms. The Morgan fingerprint density at radius 1 is 1.45 bits per heavy atom. The number of hydrogen-bond donors (Lipinski definition) is 0. The van der Waals surface area contributed by atoms with Crippen LogP contribution >= 0.6 is 27.7 Å². The van der Waals surface area contributed by atoms with Gasteiger partial charge in [0, 0.05) is 4.47 Å². The van der Waals surface area contributed by atoms with Gasteiger partial charge in [0.1, 0.15) is 5.04 Å². The van der Waals surface area contributed by atoms with Gasteiger partial charge in [-0.1, -0.05) is 15.9 Å². The molecular formula is C13H13BrN2O4S2. The SMILES string of the molecule is CCOC(=O)C(C#N)C(=NS(=O)(=O)c1ccc(Br)cc1)SC. The van der Waals surface area contributed by atoms with Crippen LogP contribution in [0.15, 0.2) is 38.0 Å². The number of sulfonamides is 1. The molecule has 0 aromatic heterocycles. The zero-order valence-electron chi connectivity index (χ0n) is 11.8. The quantitative estimate of drug-likeness (QED) is 0.425. The van der Waals surface area contributed by atoms with Crippen molar-refractivity contribution < 1.29 is 17.9 Å². The summed E-state index contributed by atoms with van der Waals surface area (Å²) in [6.45, 7) is 1.69. The number of nitriles is 1. The zero-order chi connectivity index (χ0) is 16.8. The lowest BCUT2D eigenvalue weighted by molar-refractivity contribution is -0.143. The van der Waals surface area contributed by atoms with Crippen LogP contribution in [0.2, 0.25) is 0 Å². The number of hydrogen-bond acceptors (Lipinski definition) is 6. The van der Waals surface area contributed by atoms with Gasteiger partial charge in [-0.15, -0.1) is 11.8 Å². The molecule has 0 saturated carbocycles. The monoisotopic (exact) mass is 404 g/mol. The van der Waals surface area contributed by atoms with Gasteiger partial charge in [0.15, 0.2) is 5.92 Å². The highest BCUT2D eigenvalue weighted by molar-refractivity contribution is 9.10. The van der Waals surface area contributed by atoms with Crippen LogP contribution in [0.1, 0.15) is 6.92 Å². The first-order valence-electron chi connectivity index (χ1n) is 6.06. The van der Waals surface area contributed by atoms with E-state index in [4.69, 9.17) is 10.00 Å². The van der Waals surface area contributed by atoms with E-state index in [2.05, 4.69) is 20.3 Å². The van der Waals surface area contributed by atoms with Crippen molar-refractivity contribution in [2.45, 2.75) is 11.8 Å². The smallest absolute Gasteiger partial charge is 0.330 e. The Morgan fingerprint density at radius 3 is 2.50 bits per heavy atom. The van der Waals surface area contributed by atoms with Gasteiger partial charge in [-0.25, -0.2) is 0 Å². The number of carbonyl (C=O) groups excluding carboxylic acids is 1. The highest BCUT2D eigenvalue weighted by Gasteiger charge is 2.28. The number of rotatable bonds is 5. The molecule has 1 unspecified atom stereocenters. The summed E-state index contributed by atoms with van der Waals surface area (Å²) in [6, 6.07) is 7.61. The molecule has 0 heterocycles. The van der Waals surface area contributed by atoms with Crippen molar-refractivity contribution in [3.63, 3.8) is 0 Å². The summed E-state index contributed by atoms with van der Waals surface area (Å²) < 4.78 is 33.6. The van der Waals surface area contributed by atoms with Crippen molar-refractivity contribution in [1.82, 2.24) is 0 Å². The van der Waals surface area contributed by atoms with Crippen LogP contribution in [0.4, 0.5) is 0 Å². The Morgan fingerprint density at radius 2 is 2.05 bits per heavy atom. The van der Waals surface area contributed by atoms with Crippen LogP contribution in [0.5, 0.6) is 0 Å². The molecule has 1 aromatic carbocycles. The number of halogens is 1. The van der Waals surface area contributed by atoms with Gasteiger partial charge in [0.05, 0.1) is 17.6 Å². The van der Waals surface area contributed by atoms with E-state index < -0.39 is 21.9 Å². The third kappa shape index (κ3) is 4.83. The van der Waals surface area contributed by atoms with E-state index in [1.165, 1.54) is 12.1 Å². The van der Waals surface area contributed by atoms with Crippen LogP contribution in [-0.2, 0) is 19.6 Å². The van der Waals surface area contributed by atoms with Crippen LogP contribution in [-0.4, -0.2) is 32.3 Å². The number of carbonyl (C=O) groups is 1.